The van der Waals surface area contributed by atoms with E-state index in [1.807, 2.05) is 6.92 Å². The largest absolute Gasteiger partial charge is 0.454 e. The molecule has 0 spiro atoms. The molecule has 0 aromatic carbocycles. The number of hydrogen-bond donors (Lipinski definition) is 2. The van der Waals surface area contributed by atoms with Crippen LogP contribution in [0.5, 0.6) is 11.5 Å². The van der Waals surface area contributed by atoms with Crippen LogP contribution in [0.4, 0.5) is 21.0 Å². The molecule has 4 heterocycles. The van der Waals surface area contributed by atoms with Crippen LogP contribution in [0.3, 0.4) is 0 Å². The molecule has 0 bridgehead atoms. The number of rotatable bonds is 6. The summed E-state index contributed by atoms with van der Waals surface area (Å²) in [5.41, 5.74) is 6.78. The number of hydrogen-bond acceptors (Lipinski definition) is 9. The fraction of sp³-hybridized carbons (Fsp3) is 0.462. The summed E-state index contributed by atoms with van der Waals surface area (Å²) in [5.74, 6) is 1.69. The second-order valence-corrected chi connectivity index (χ2v) is 11.7. The minimum atomic E-state index is -1.19. The summed E-state index contributed by atoms with van der Waals surface area (Å²) in [4.78, 5) is 29.0. The number of carbonyl (C=O) groups is 1. The molecule has 1 saturated heterocycles. The van der Waals surface area contributed by atoms with Crippen molar-refractivity contribution in [2.45, 2.75) is 65.3 Å². The minimum absolute atomic E-state index is 0.00698. The van der Waals surface area contributed by atoms with Gasteiger partial charge in [0.25, 0.3) is 0 Å². The van der Waals surface area contributed by atoms with Crippen molar-refractivity contribution in [1.82, 2.24) is 19.9 Å². The van der Waals surface area contributed by atoms with Gasteiger partial charge in [0.2, 0.25) is 5.95 Å². The van der Waals surface area contributed by atoms with Crippen LogP contribution in [0.2, 0.25) is 5.02 Å². The first kappa shape index (κ1) is 27.8. The van der Waals surface area contributed by atoms with E-state index in [1.54, 1.807) is 50.4 Å². The van der Waals surface area contributed by atoms with Gasteiger partial charge in [-0.2, -0.15) is 0 Å². The molecule has 0 unspecified atom stereocenters. The molecule has 204 valence electrons. The van der Waals surface area contributed by atoms with Gasteiger partial charge >= 0.3 is 6.09 Å². The van der Waals surface area contributed by atoms with Crippen LogP contribution < -0.4 is 15.8 Å². The van der Waals surface area contributed by atoms with Gasteiger partial charge in [-0.1, -0.05) is 18.5 Å². The summed E-state index contributed by atoms with van der Waals surface area (Å²) in [6, 6.07) is 3.04. The lowest BCUT2D eigenvalue weighted by molar-refractivity contribution is 0.0124. The molecular weight excluding hydrogens is 531 g/mol. The number of nitrogens with two attached hydrogens (primary N) is 1. The number of nitrogens with zero attached hydrogens (tertiary/aromatic N) is 4. The van der Waals surface area contributed by atoms with Crippen LogP contribution in [-0.2, 0) is 11.2 Å². The third kappa shape index (κ3) is 6.63. The highest BCUT2D eigenvalue weighted by Crippen LogP contribution is 2.44. The van der Waals surface area contributed by atoms with Gasteiger partial charge in [0.05, 0.1) is 28.3 Å². The maximum atomic E-state index is 14.6. The lowest BCUT2D eigenvalue weighted by Crippen LogP contribution is -2.51. The van der Waals surface area contributed by atoms with Crippen molar-refractivity contribution in [2.75, 3.05) is 24.1 Å². The Kier molecular flexibility index (Phi) is 8.27. The normalized spacial score (nSPS) is 17.8. The molecule has 38 heavy (non-hydrogen) atoms. The molecule has 0 saturated carbocycles. The average molecular weight is 563 g/mol. The Morgan fingerprint density at radius 3 is 2.79 bits per heavy atom. The number of ether oxygens (including phenoxy) is 2. The van der Waals surface area contributed by atoms with Crippen molar-refractivity contribution in [3.8, 4) is 22.1 Å². The van der Waals surface area contributed by atoms with Crippen molar-refractivity contribution < 1.29 is 18.7 Å². The monoisotopic (exact) mass is 562 g/mol. The second-order valence-electron chi connectivity index (χ2n) is 10.1. The number of aryl methyl sites for hydroxylation is 1. The number of amides is 1. The van der Waals surface area contributed by atoms with E-state index in [9.17, 15) is 9.18 Å². The number of thiophene rings is 1. The van der Waals surface area contributed by atoms with E-state index < -0.39 is 17.9 Å². The first-order chi connectivity index (χ1) is 17.9. The van der Waals surface area contributed by atoms with E-state index in [-0.39, 0.29) is 31.4 Å². The Labute approximate surface area is 230 Å². The number of aromatic nitrogens is 3. The van der Waals surface area contributed by atoms with Gasteiger partial charge < -0.3 is 25.4 Å². The number of alkyl halides is 1. The third-order valence-electron chi connectivity index (χ3n) is 5.85. The van der Waals surface area contributed by atoms with Crippen molar-refractivity contribution in [3.05, 3.63) is 40.0 Å². The Balaban J connectivity index is 1.57. The SMILES string of the molecule is CCc1c(C)sc(-c2ccnc(N[C@H]3C[C@H](F)CN(C(=O)OC(C)(C)C)C3)n2)c1Oc1cnc(N)c(Cl)c1. The topological polar surface area (TPSA) is 115 Å². The molecule has 12 heteroatoms. The van der Waals surface area contributed by atoms with Crippen molar-refractivity contribution in [2.24, 2.45) is 0 Å². The van der Waals surface area contributed by atoms with E-state index in [0.717, 1.165) is 21.7 Å². The number of nitrogen functional groups attached to an aromatic ring is 1. The van der Waals surface area contributed by atoms with Gasteiger partial charge in [0.1, 0.15) is 23.3 Å². The minimum Gasteiger partial charge on any atom is -0.454 e. The van der Waals surface area contributed by atoms with Crippen LogP contribution >= 0.6 is 22.9 Å². The zero-order chi connectivity index (χ0) is 27.6. The van der Waals surface area contributed by atoms with E-state index in [2.05, 4.69) is 22.2 Å². The molecule has 3 aromatic rings. The van der Waals surface area contributed by atoms with Gasteiger partial charge in [-0.15, -0.1) is 11.3 Å². The number of pyridine rings is 1. The molecule has 3 aromatic heterocycles. The molecule has 4 rings (SSSR count). The molecule has 2 atom stereocenters. The number of piperidine rings is 1. The summed E-state index contributed by atoms with van der Waals surface area (Å²) in [6.45, 7) is 9.70. The fourth-order valence-corrected chi connectivity index (χ4v) is 5.50. The summed E-state index contributed by atoms with van der Waals surface area (Å²) in [5, 5.41) is 3.51. The predicted octanol–water partition coefficient (Wildman–Crippen LogP) is 6.26. The first-order valence-electron chi connectivity index (χ1n) is 12.4. The predicted molar refractivity (Wildman–Crippen MR) is 148 cm³/mol. The Morgan fingerprint density at radius 1 is 1.34 bits per heavy atom. The first-order valence-corrected chi connectivity index (χ1v) is 13.6. The highest BCUT2D eigenvalue weighted by atomic mass is 35.5. The molecule has 0 radical (unpaired) electrons. The zero-order valence-corrected chi connectivity index (χ0v) is 23.6. The van der Waals surface area contributed by atoms with Crippen LogP contribution in [0.25, 0.3) is 10.6 Å². The quantitative estimate of drug-likeness (QED) is 0.362. The zero-order valence-electron chi connectivity index (χ0n) is 22.0. The summed E-state index contributed by atoms with van der Waals surface area (Å²) < 4.78 is 26.2. The molecule has 1 amide bonds. The molecule has 3 N–H and O–H groups in total. The second kappa shape index (κ2) is 11.3. The van der Waals surface area contributed by atoms with Gasteiger partial charge in [-0.05, 0) is 40.2 Å². The van der Waals surface area contributed by atoms with Crippen molar-refractivity contribution in [1.29, 1.82) is 0 Å². The number of anilines is 2. The number of halogens is 2. The van der Waals surface area contributed by atoms with Crippen LogP contribution in [0.15, 0.2) is 24.5 Å². The highest BCUT2D eigenvalue weighted by Gasteiger charge is 2.33. The van der Waals surface area contributed by atoms with Gasteiger partial charge in [-0.25, -0.2) is 24.1 Å². The van der Waals surface area contributed by atoms with E-state index in [0.29, 0.717) is 28.2 Å². The number of nitrogens with one attached hydrogen (secondary N) is 1. The van der Waals surface area contributed by atoms with E-state index in [1.165, 1.54) is 11.1 Å². The molecule has 1 aliphatic rings. The summed E-state index contributed by atoms with van der Waals surface area (Å²) in [7, 11) is 0. The van der Waals surface area contributed by atoms with Crippen molar-refractivity contribution >= 4 is 40.8 Å². The number of carbonyl (C=O) groups excluding carboxylic acids is 1. The standard InChI is InChI=1S/C26H32ClFN6O3S/c1-6-18-14(2)38-22(21(18)36-17-10-19(27)23(29)31-11-17)20-7-8-30-24(33-20)32-16-9-15(28)12-34(13-16)25(35)37-26(3,4)5/h7-8,10-11,15-16H,6,9,12-13H2,1-5H3,(H2,29,31)(H,30,32,33)/t15-,16-/m0/s1. The van der Waals surface area contributed by atoms with E-state index in [4.69, 9.17) is 31.8 Å². The fourth-order valence-electron chi connectivity index (χ4n) is 4.20. The molecule has 0 aliphatic carbocycles. The maximum absolute atomic E-state index is 14.6. The summed E-state index contributed by atoms with van der Waals surface area (Å²) >= 11 is 7.71. The van der Waals surface area contributed by atoms with Crippen molar-refractivity contribution in [3.63, 3.8) is 0 Å². The van der Waals surface area contributed by atoms with Crippen LogP contribution in [-0.4, -0.2) is 56.8 Å². The Morgan fingerprint density at radius 2 is 2.11 bits per heavy atom. The highest BCUT2D eigenvalue weighted by molar-refractivity contribution is 7.16. The van der Waals surface area contributed by atoms with Crippen LogP contribution in [0, 0.1) is 6.92 Å². The third-order valence-corrected chi connectivity index (χ3v) is 7.31. The Bertz CT molecular complexity index is 1310. The van der Waals surface area contributed by atoms with Gasteiger partial charge in [0.15, 0.2) is 5.75 Å². The summed E-state index contributed by atoms with van der Waals surface area (Å²) in [6.07, 6.45) is 2.41. The molecule has 9 nitrogen and oxygen atoms in total. The molecule has 1 fully saturated rings. The van der Waals surface area contributed by atoms with E-state index >= 15 is 0 Å². The number of likely N-dealkylation sites (tertiary alicyclic amines) is 1. The smallest absolute Gasteiger partial charge is 0.410 e. The molecular formula is C26H32ClFN6O3S. The Hall–Kier alpha value is -3.18. The maximum Gasteiger partial charge on any atom is 0.410 e. The average Bonchev–Trinajstić information content (AvgIpc) is 3.15. The lowest BCUT2D eigenvalue weighted by atomic mass is 10.0. The van der Waals surface area contributed by atoms with Crippen LogP contribution in [0.1, 0.15) is 44.6 Å². The van der Waals surface area contributed by atoms with Gasteiger partial charge in [-0.3, -0.25) is 0 Å². The van der Waals surface area contributed by atoms with Gasteiger partial charge in [0, 0.05) is 41.7 Å². The lowest BCUT2D eigenvalue weighted by Gasteiger charge is -2.36. The molecule has 1 aliphatic heterocycles.